The van der Waals surface area contributed by atoms with Gasteiger partial charge in [-0.05, 0) is 49.4 Å². The number of nitrogens with two attached hydrogens (primary N) is 2. The van der Waals surface area contributed by atoms with Crippen LogP contribution in [0, 0.1) is 6.92 Å². The highest BCUT2D eigenvalue weighted by molar-refractivity contribution is 5.60. The van der Waals surface area contributed by atoms with Crippen molar-refractivity contribution < 1.29 is 4.79 Å². The van der Waals surface area contributed by atoms with Gasteiger partial charge in [0.1, 0.15) is 6.29 Å². The lowest BCUT2D eigenvalue weighted by Crippen LogP contribution is -1.99. The van der Waals surface area contributed by atoms with Crippen molar-refractivity contribution in [2.75, 3.05) is 11.5 Å². The van der Waals surface area contributed by atoms with Crippen molar-refractivity contribution in [1.82, 2.24) is 0 Å². The van der Waals surface area contributed by atoms with Crippen molar-refractivity contribution in [2.24, 2.45) is 0 Å². The molecule has 1 rings (SSSR count). The number of hydrogen-bond acceptors (Lipinski definition) is 3. The maximum atomic E-state index is 10.2. The number of rotatable bonds is 5. The van der Waals surface area contributed by atoms with Gasteiger partial charge in [-0.25, -0.2) is 0 Å². The molecular formula is C12H18N2O. The van der Waals surface area contributed by atoms with Crippen LogP contribution < -0.4 is 11.5 Å². The van der Waals surface area contributed by atoms with E-state index >= 15 is 0 Å². The predicted octanol–water partition coefficient (Wildman–Crippen LogP) is 2.07. The number of unbranched alkanes of at least 4 members (excludes halogenated alkanes) is 2. The fourth-order valence-electron chi connectivity index (χ4n) is 1.63. The van der Waals surface area contributed by atoms with Gasteiger partial charge in [0.15, 0.2) is 0 Å². The lowest BCUT2D eigenvalue weighted by atomic mass is 10.00. The molecule has 0 spiro atoms. The molecule has 0 aliphatic heterocycles. The second-order valence-corrected chi connectivity index (χ2v) is 3.81. The summed E-state index contributed by atoms with van der Waals surface area (Å²) in [6, 6.07) is 3.75. The summed E-state index contributed by atoms with van der Waals surface area (Å²) in [6.45, 7) is 2.00. The van der Waals surface area contributed by atoms with Crippen LogP contribution in [0.1, 0.15) is 30.4 Å². The molecule has 0 aliphatic rings. The Balaban J connectivity index is 2.63. The second-order valence-electron chi connectivity index (χ2n) is 3.81. The Labute approximate surface area is 90.5 Å². The molecule has 82 valence electrons. The maximum Gasteiger partial charge on any atom is 0.119 e. The molecule has 0 fully saturated rings. The zero-order valence-electron chi connectivity index (χ0n) is 9.12. The predicted molar refractivity (Wildman–Crippen MR) is 63.6 cm³/mol. The second kappa shape index (κ2) is 5.39. The third-order valence-electron chi connectivity index (χ3n) is 2.60. The van der Waals surface area contributed by atoms with Crippen molar-refractivity contribution in [1.29, 1.82) is 0 Å². The van der Waals surface area contributed by atoms with E-state index in [1.54, 1.807) is 6.07 Å². The fraction of sp³-hybridized carbons (Fsp3) is 0.417. The molecule has 0 aromatic heterocycles. The molecule has 15 heavy (non-hydrogen) atoms. The molecule has 0 saturated carbocycles. The van der Waals surface area contributed by atoms with Gasteiger partial charge in [0.2, 0.25) is 0 Å². The zero-order chi connectivity index (χ0) is 11.3. The van der Waals surface area contributed by atoms with Crippen LogP contribution in [0.4, 0.5) is 11.4 Å². The third-order valence-corrected chi connectivity index (χ3v) is 2.60. The van der Waals surface area contributed by atoms with Crippen molar-refractivity contribution in [3.63, 3.8) is 0 Å². The Morgan fingerprint density at radius 2 is 2.00 bits per heavy atom. The number of hydrogen-bond donors (Lipinski definition) is 2. The van der Waals surface area contributed by atoms with Crippen LogP contribution in [-0.2, 0) is 11.2 Å². The number of anilines is 2. The highest BCUT2D eigenvalue weighted by Crippen LogP contribution is 2.22. The number of nitrogen functional groups attached to an aromatic ring is 2. The first-order valence-electron chi connectivity index (χ1n) is 5.23. The average Bonchev–Trinajstić information content (AvgIpc) is 2.19. The molecule has 0 amide bonds. The van der Waals surface area contributed by atoms with Crippen molar-refractivity contribution in [2.45, 2.75) is 32.6 Å². The average molecular weight is 206 g/mol. The van der Waals surface area contributed by atoms with E-state index in [0.29, 0.717) is 12.1 Å². The summed E-state index contributed by atoms with van der Waals surface area (Å²) in [7, 11) is 0. The van der Waals surface area contributed by atoms with E-state index < -0.39 is 0 Å². The molecule has 0 unspecified atom stereocenters. The minimum absolute atomic E-state index is 0.636. The van der Waals surface area contributed by atoms with E-state index in [4.69, 9.17) is 11.5 Å². The number of carbonyl (C=O) groups excluding carboxylic acids is 1. The standard InChI is InChI=1S/C12H18N2O/c1-9-10(5-3-2-4-6-15)7-11(13)8-12(9)14/h6-8H,2-5,13-14H2,1H3. The van der Waals surface area contributed by atoms with Crippen molar-refractivity contribution in [3.8, 4) is 0 Å². The van der Waals surface area contributed by atoms with Crippen LogP contribution in [0.15, 0.2) is 12.1 Å². The number of benzene rings is 1. The van der Waals surface area contributed by atoms with E-state index in [1.807, 2.05) is 13.0 Å². The molecule has 0 saturated heterocycles. The van der Waals surface area contributed by atoms with Gasteiger partial charge >= 0.3 is 0 Å². The minimum atomic E-state index is 0.636. The summed E-state index contributed by atoms with van der Waals surface area (Å²) in [6.07, 6.45) is 4.46. The summed E-state index contributed by atoms with van der Waals surface area (Å²) < 4.78 is 0. The summed E-state index contributed by atoms with van der Waals surface area (Å²) in [5.74, 6) is 0. The van der Waals surface area contributed by atoms with Crippen LogP contribution in [0.25, 0.3) is 0 Å². The Bertz CT molecular complexity index is 348. The maximum absolute atomic E-state index is 10.2. The Hall–Kier alpha value is -1.51. The number of aryl methyl sites for hydroxylation is 1. The molecule has 0 heterocycles. The Kier molecular flexibility index (Phi) is 4.16. The normalized spacial score (nSPS) is 10.2. The largest absolute Gasteiger partial charge is 0.399 e. The van der Waals surface area contributed by atoms with E-state index in [0.717, 1.165) is 36.8 Å². The molecule has 0 aliphatic carbocycles. The molecule has 1 aromatic carbocycles. The molecule has 3 nitrogen and oxygen atoms in total. The first-order valence-corrected chi connectivity index (χ1v) is 5.23. The molecular weight excluding hydrogens is 188 g/mol. The van der Waals surface area contributed by atoms with Crippen LogP contribution in [0.3, 0.4) is 0 Å². The summed E-state index contributed by atoms with van der Waals surface area (Å²) in [5, 5.41) is 0. The fourth-order valence-corrected chi connectivity index (χ4v) is 1.63. The van der Waals surface area contributed by atoms with Gasteiger partial charge in [-0.1, -0.05) is 0 Å². The molecule has 1 aromatic rings. The number of aldehydes is 1. The van der Waals surface area contributed by atoms with E-state index in [9.17, 15) is 4.79 Å². The van der Waals surface area contributed by atoms with Gasteiger partial charge < -0.3 is 16.3 Å². The zero-order valence-corrected chi connectivity index (χ0v) is 9.12. The minimum Gasteiger partial charge on any atom is -0.399 e. The van der Waals surface area contributed by atoms with E-state index in [-0.39, 0.29) is 0 Å². The first kappa shape index (κ1) is 11.6. The topological polar surface area (TPSA) is 69.1 Å². The molecule has 0 radical (unpaired) electrons. The molecule has 4 N–H and O–H groups in total. The van der Waals surface area contributed by atoms with Crippen LogP contribution >= 0.6 is 0 Å². The van der Waals surface area contributed by atoms with Crippen LogP contribution in [0.5, 0.6) is 0 Å². The monoisotopic (exact) mass is 206 g/mol. The SMILES string of the molecule is Cc1c(N)cc(N)cc1CCCCC=O. The molecule has 0 bridgehead atoms. The lowest BCUT2D eigenvalue weighted by Gasteiger charge is -2.09. The number of carbonyl (C=O) groups is 1. The van der Waals surface area contributed by atoms with Gasteiger partial charge in [0, 0.05) is 17.8 Å². The summed E-state index contributed by atoms with van der Waals surface area (Å²) >= 11 is 0. The van der Waals surface area contributed by atoms with Crippen molar-refractivity contribution >= 4 is 17.7 Å². The van der Waals surface area contributed by atoms with Gasteiger partial charge in [-0.2, -0.15) is 0 Å². The summed E-state index contributed by atoms with van der Waals surface area (Å²) in [4.78, 5) is 10.2. The van der Waals surface area contributed by atoms with Gasteiger partial charge in [0.05, 0.1) is 0 Å². The van der Waals surface area contributed by atoms with E-state index in [2.05, 4.69) is 0 Å². The van der Waals surface area contributed by atoms with Gasteiger partial charge in [0.25, 0.3) is 0 Å². The Morgan fingerprint density at radius 3 is 2.67 bits per heavy atom. The van der Waals surface area contributed by atoms with Crippen LogP contribution in [0.2, 0.25) is 0 Å². The first-order chi connectivity index (χ1) is 7.15. The summed E-state index contributed by atoms with van der Waals surface area (Å²) in [5.41, 5.74) is 15.3. The quantitative estimate of drug-likeness (QED) is 0.440. The third kappa shape index (κ3) is 3.27. The molecule has 0 atom stereocenters. The highest BCUT2D eigenvalue weighted by atomic mass is 16.1. The van der Waals surface area contributed by atoms with Crippen molar-refractivity contribution in [3.05, 3.63) is 23.3 Å². The smallest absolute Gasteiger partial charge is 0.119 e. The lowest BCUT2D eigenvalue weighted by molar-refractivity contribution is -0.107. The Morgan fingerprint density at radius 1 is 1.27 bits per heavy atom. The van der Waals surface area contributed by atoms with Gasteiger partial charge in [-0.15, -0.1) is 0 Å². The van der Waals surface area contributed by atoms with Gasteiger partial charge in [-0.3, -0.25) is 0 Å². The van der Waals surface area contributed by atoms with E-state index in [1.165, 1.54) is 5.56 Å². The highest BCUT2D eigenvalue weighted by Gasteiger charge is 2.03. The molecule has 3 heteroatoms. The van der Waals surface area contributed by atoms with Crippen LogP contribution in [-0.4, -0.2) is 6.29 Å².